The van der Waals surface area contributed by atoms with Crippen LogP contribution in [0.4, 0.5) is 0 Å². The molecule has 0 aliphatic heterocycles. The zero-order chi connectivity index (χ0) is 11.8. The van der Waals surface area contributed by atoms with Crippen LogP contribution in [0.1, 0.15) is 36.8 Å². The molecule has 0 fully saturated rings. The third kappa shape index (κ3) is 4.36. The summed E-state index contributed by atoms with van der Waals surface area (Å²) >= 11 is -0.826. The summed E-state index contributed by atoms with van der Waals surface area (Å²) in [5.41, 5.74) is 2.91. The zero-order valence-corrected chi connectivity index (χ0v) is 13.3. The molecular formula is C13H15Cl2Zr-. The Kier molecular flexibility index (Phi) is 7.70. The number of fused-ring (bicyclic) bond motifs is 1. The molecule has 1 aliphatic carbocycles. The molecule has 1 unspecified atom stereocenters. The SMILES string of the molecule is C[CH-]CCC1C=Cc2ccccc21.[Cl][Zr][Cl]. The van der Waals surface area contributed by atoms with Gasteiger partial charge in [0.2, 0.25) is 0 Å². The van der Waals surface area contributed by atoms with Crippen molar-refractivity contribution in [2.45, 2.75) is 25.7 Å². The van der Waals surface area contributed by atoms with Crippen LogP contribution in [-0.4, -0.2) is 0 Å². The molecule has 0 aromatic heterocycles. The van der Waals surface area contributed by atoms with E-state index in [0.717, 1.165) is 0 Å². The van der Waals surface area contributed by atoms with Gasteiger partial charge >= 0.3 is 37.9 Å². The summed E-state index contributed by atoms with van der Waals surface area (Å²) in [5.74, 6) is 0.660. The molecule has 2 rings (SSSR count). The number of halogens is 2. The van der Waals surface area contributed by atoms with Gasteiger partial charge in [0.25, 0.3) is 0 Å². The van der Waals surface area contributed by atoms with E-state index in [4.69, 9.17) is 17.0 Å². The Morgan fingerprint density at radius 2 is 2.00 bits per heavy atom. The summed E-state index contributed by atoms with van der Waals surface area (Å²) in [5, 5.41) is 0. The zero-order valence-electron chi connectivity index (χ0n) is 9.29. The molecule has 0 spiro atoms. The molecule has 0 saturated carbocycles. The average Bonchev–Trinajstić information content (AvgIpc) is 2.71. The van der Waals surface area contributed by atoms with Gasteiger partial charge in [-0.2, -0.15) is 13.3 Å². The summed E-state index contributed by atoms with van der Waals surface area (Å²) in [6.45, 7) is 2.13. The van der Waals surface area contributed by atoms with Gasteiger partial charge in [0.1, 0.15) is 0 Å². The molecule has 16 heavy (non-hydrogen) atoms. The molecule has 86 valence electrons. The van der Waals surface area contributed by atoms with Crippen LogP contribution in [0.2, 0.25) is 0 Å². The summed E-state index contributed by atoms with van der Waals surface area (Å²) < 4.78 is 0. The Labute approximate surface area is 117 Å². The van der Waals surface area contributed by atoms with Crippen molar-refractivity contribution < 1.29 is 20.8 Å². The van der Waals surface area contributed by atoms with Crippen molar-refractivity contribution >= 4 is 23.1 Å². The number of rotatable bonds is 3. The molecule has 0 radical (unpaired) electrons. The monoisotopic (exact) mass is 331 g/mol. The second kappa shape index (κ2) is 8.50. The van der Waals surface area contributed by atoms with Gasteiger partial charge in [-0.05, 0) is 11.1 Å². The standard InChI is InChI=1S/C13H15.2ClH.Zr/c1-2-3-6-11-9-10-12-7-4-5-8-13(11)12;;;/h2,4-5,7-11H,3,6H2,1H3;2*1H;/q-1;;;+2/p-2. The number of allylic oxidation sites excluding steroid dienone is 1. The van der Waals surface area contributed by atoms with Crippen LogP contribution in [0.5, 0.6) is 0 Å². The molecule has 0 amide bonds. The van der Waals surface area contributed by atoms with E-state index in [0.29, 0.717) is 5.92 Å². The molecule has 1 atom stereocenters. The van der Waals surface area contributed by atoms with E-state index in [1.165, 1.54) is 24.0 Å². The van der Waals surface area contributed by atoms with Gasteiger partial charge in [0.15, 0.2) is 0 Å². The molecule has 0 saturated heterocycles. The summed E-state index contributed by atoms with van der Waals surface area (Å²) in [6.07, 6.45) is 9.28. The van der Waals surface area contributed by atoms with Crippen LogP contribution in [-0.2, 0) is 20.8 Å². The van der Waals surface area contributed by atoms with Crippen molar-refractivity contribution in [3.05, 3.63) is 47.9 Å². The summed E-state index contributed by atoms with van der Waals surface area (Å²) in [6, 6.07) is 8.68. The first-order valence-electron chi connectivity index (χ1n) is 5.34. The van der Waals surface area contributed by atoms with Crippen LogP contribution < -0.4 is 0 Å². The summed E-state index contributed by atoms with van der Waals surface area (Å²) in [7, 11) is 9.87. The van der Waals surface area contributed by atoms with Gasteiger partial charge in [0, 0.05) is 5.92 Å². The topological polar surface area (TPSA) is 0 Å². The van der Waals surface area contributed by atoms with Crippen molar-refractivity contribution in [3.8, 4) is 0 Å². The van der Waals surface area contributed by atoms with Crippen molar-refractivity contribution in [2.75, 3.05) is 0 Å². The van der Waals surface area contributed by atoms with Crippen LogP contribution in [0, 0.1) is 6.42 Å². The molecule has 0 heterocycles. The maximum atomic E-state index is 4.93. The van der Waals surface area contributed by atoms with Crippen LogP contribution >= 0.6 is 17.0 Å². The number of benzene rings is 1. The van der Waals surface area contributed by atoms with E-state index >= 15 is 0 Å². The number of hydrogen-bond acceptors (Lipinski definition) is 0. The third-order valence-corrected chi connectivity index (χ3v) is 2.67. The van der Waals surface area contributed by atoms with E-state index in [-0.39, 0.29) is 0 Å². The first-order valence-corrected chi connectivity index (χ1v) is 11.7. The van der Waals surface area contributed by atoms with E-state index in [1.807, 2.05) is 0 Å². The van der Waals surface area contributed by atoms with E-state index in [2.05, 4.69) is 49.8 Å². The van der Waals surface area contributed by atoms with Gasteiger partial charge in [0.05, 0.1) is 0 Å². The van der Waals surface area contributed by atoms with Crippen molar-refractivity contribution in [1.29, 1.82) is 0 Å². The number of unbranched alkanes of at least 4 members (excludes halogenated alkanes) is 1. The van der Waals surface area contributed by atoms with Gasteiger partial charge in [-0.15, -0.1) is 0 Å². The molecule has 0 bridgehead atoms. The molecule has 1 aliphatic rings. The van der Waals surface area contributed by atoms with Crippen LogP contribution in [0.25, 0.3) is 6.08 Å². The fourth-order valence-electron chi connectivity index (χ4n) is 1.92. The first kappa shape index (κ1) is 14.5. The minimum absolute atomic E-state index is 0.660. The van der Waals surface area contributed by atoms with Crippen molar-refractivity contribution in [2.24, 2.45) is 0 Å². The van der Waals surface area contributed by atoms with Crippen molar-refractivity contribution in [1.82, 2.24) is 0 Å². The second-order valence-corrected chi connectivity index (χ2v) is 7.38. The molecule has 1 aromatic carbocycles. The fourth-order valence-corrected chi connectivity index (χ4v) is 1.92. The molecule has 0 nitrogen and oxygen atoms in total. The van der Waals surface area contributed by atoms with E-state index in [1.54, 1.807) is 0 Å². The normalized spacial score (nSPS) is 16.3. The van der Waals surface area contributed by atoms with Crippen LogP contribution in [0.15, 0.2) is 30.3 Å². The first-order chi connectivity index (χ1) is 7.83. The third-order valence-electron chi connectivity index (χ3n) is 2.67. The fraction of sp³-hybridized carbons (Fsp3) is 0.308. The van der Waals surface area contributed by atoms with Gasteiger partial charge < -0.3 is 6.42 Å². The Balaban J connectivity index is 0.000000386. The van der Waals surface area contributed by atoms with Gasteiger partial charge in [-0.25, -0.2) is 0 Å². The Hall–Kier alpha value is 0.423. The number of hydrogen-bond donors (Lipinski definition) is 0. The Morgan fingerprint density at radius 3 is 2.69 bits per heavy atom. The molecular weight excluding hydrogens is 318 g/mol. The molecule has 0 N–H and O–H groups in total. The Morgan fingerprint density at radius 1 is 1.31 bits per heavy atom. The second-order valence-electron chi connectivity index (χ2n) is 3.65. The Bertz CT molecular complexity index is 336. The van der Waals surface area contributed by atoms with Gasteiger partial charge in [-0.1, -0.05) is 42.8 Å². The maximum absolute atomic E-state index is 4.93. The predicted octanol–water partition coefficient (Wildman–Crippen LogP) is 5.18. The minimum atomic E-state index is -0.826. The summed E-state index contributed by atoms with van der Waals surface area (Å²) in [4.78, 5) is 0. The van der Waals surface area contributed by atoms with E-state index in [9.17, 15) is 0 Å². The quantitative estimate of drug-likeness (QED) is 0.669. The van der Waals surface area contributed by atoms with Crippen LogP contribution in [0.3, 0.4) is 0 Å². The molecule has 3 heteroatoms. The molecule has 1 aromatic rings. The predicted molar refractivity (Wildman–Crippen MR) is 69.1 cm³/mol. The van der Waals surface area contributed by atoms with E-state index < -0.39 is 20.8 Å². The average molecular weight is 333 g/mol. The van der Waals surface area contributed by atoms with Crippen molar-refractivity contribution in [3.63, 3.8) is 0 Å². The van der Waals surface area contributed by atoms with Gasteiger partial charge in [-0.3, -0.25) is 0 Å².